The molecule has 1 saturated carbocycles. The smallest absolute Gasteiger partial charge is 0.333 e. The summed E-state index contributed by atoms with van der Waals surface area (Å²) in [5, 5.41) is 12.7. The Morgan fingerprint density at radius 1 is 1.35 bits per heavy atom. The molecule has 0 bridgehead atoms. The fourth-order valence-corrected chi connectivity index (χ4v) is 2.99. The maximum atomic E-state index is 12.3. The predicted molar refractivity (Wildman–Crippen MR) is 87.8 cm³/mol. The number of ether oxygens (including phenoxy) is 1. The topological polar surface area (TPSA) is 75.6 Å². The minimum Gasteiger partial charge on any atom is -0.479 e. The molecule has 1 aromatic carbocycles. The van der Waals surface area contributed by atoms with Crippen molar-refractivity contribution >= 4 is 35.1 Å². The van der Waals surface area contributed by atoms with E-state index in [-0.39, 0.29) is 17.4 Å². The molecule has 2 rings (SSSR count). The highest BCUT2D eigenvalue weighted by Crippen LogP contribution is 2.38. The predicted octanol–water partition coefficient (Wildman–Crippen LogP) is 3.37. The lowest BCUT2D eigenvalue weighted by Crippen LogP contribution is -2.52. The van der Waals surface area contributed by atoms with Gasteiger partial charge in [-0.25, -0.2) is 4.79 Å². The fourth-order valence-electron chi connectivity index (χ4n) is 2.70. The van der Waals surface area contributed by atoms with Crippen molar-refractivity contribution in [3.63, 3.8) is 0 Å². The Hall–Kier alpha value is -1.30. The van der Waals surface area contributed by atoms with E-state index in [0.29, 0.717) is 10.6 Å². The highest BCUT2D eigenvalue weighted by molar-refractivity contribution is 6.42. The summed E-state index contributed by atoms with van der Waals surface area (Å²) in [6, 6.07) is 4.50. The number of amides is 1. The summed E-state index contributed by atoms with van der Waals surface area (Å²) in [4.78, 5) is 24.1. The molecule has 1 aliphatic carbocycles. The molecule has 1 aromatic rings. The average molecular weight is 360 g/mol. The van der Waals surface area contributed by atoms with E-state index in [0.717, 1.165) is 19.3 Å². The number of carbonyl (C=O) groups excluding carboxylic acids is 1. The van der Waals surface area contributed by atoms with Crippen LogP contribution in [0, 0.1) is 0 Å². The number of hydrogen-bond acceptors (Lipinski definition) is 3. The van der Waals surface area contributed by atoms with Crippen LogP contribution < -0.4 is 5.32 Å². The van der Waals surface area contributed by atoms with E-state index >= 15 is 0 Å². The molecule has 23 heavy (non-hydrogen) atoms. The Morgan fingerprint density at radius 3 is 2.43 bits per heavy atom. The Labute approximate surface area is 144 Å². The van der Waals surface area contributed by atoms with Crippen LogP contribution in [0.4, 0.5) is 0 Å². The van der Waals surface area contributed by atoms with Crippen molar-refractivity contribution < 1.29 is 19.4 Å². The molecule has 1 unspecified atom stereocenters. The first-order chi connectivity index (χ1) is 10.7. The van der Waals surface area contributed by atoms with E-state index < -0.39 is 17.1 Å². The summed E-state index contributed by atoms with van der Waals surface area (Å²) in [7, 11) is 1.57. The van der Waals surface area contributed by atoms with Crippen LogP contribution in [-0.2, 0) is 19.9 Å². The third-order valence-electron chi connectivity index (χ3n) is 4.49. The lowest BCUT2D eigenvalue weighted by Gasteiger charge is -2.40. The van der Waals surface area contributed by atoms with Crippen molar-refractivity contribution in [1.82, 2.24) is 5.32 Å². The minimum absolute atomic E-state index is 0.133. The van der Waals surface area contributed by atoms with E-state index in [1.54, 1.807) is 7.11 Å². The van der Waals surface area contributed by atoms with Crippen LogP contribution in [0.1, 0.15) is 38.2 Å². The Morgan fingerprint density at radius 2 is 2.00 bits per heavy atom. The molecule has 5 nitrogen and oxygen atoms in total. The molecule has 0 radical (unpaired) electrons. The normalized spacial score (nSPS) is 18.6. The second kappa shape index (κ2) is 6.67. The number of carbonyl (C=O) groups is 2. The van der Waals surface area contributed by atoms with Gasteiger partial charge in [-0.1, -0.05) is 29.3 Å². The Balaban J connectivity index is 2.21. The fraction of sp³-hybridized carbons (Fsp3) is 0.500. The van der Waals surface area contributed by atoms with Crippen LogP contribution in [-0.4, -0.2) is 29.7 Å². The molecule has 0 aromatic heterocycles. The van der Waals surface area contributed by atoms with Crippen molar-refractivity contribution in [2.24, 2.45) is 0 Å². The first-order valence-electron chi connectivity index (χ1n) is 7.27. The van der Waals surface area contributed by atoms with Crippen molar-refractivity contribution in [2.75, 3.05) is 7.11 Å². The second-order valence-electron chi connectivity index (χ2n) is 6.02. The minimum atomic E-state index is -1.59. The van der Waals surface area contributed by atoms with Crippen molar-refractivity contribution in [3.05, 3.63) is 33.8 Å². The summed E-state index contributed by atoms with van der Waals surface area (Å²) in [5.74, 6) is -1.55. The maximum absolute atomic E-state index is 12.3. The van der Waals surface area contributed by atoms with E-state index in [1.165, 1.54) is 25.1 Å². The molecule has 0 saturated heterocycles. The quantitative estimate of drug-likeness (QED) is 0.816. The monoisotopic (exact) mass is 359 g/mol. The molecule has 1 aliphatic rings. The van der Waals surface area contributed by atoms with Crippen LogP contribution >= 0.6 is 23.2 Å². The van der Waals surface area contributed by atoms with Crippen molar-refractivity contribution in [2.45, 2.75) is 43.7 Å². The first-order valence-corrected chi connectivity index (χ1v) is 8.03. The molecule has 0 aliphatic heterocycles. The summed E-state index contributed by atoms with van der Waals surface area (Å²) in [6.07, 6.45) is 2.73. The van der Waals surface area contributed by atoms with Gasteiger partial charge >= 0.3 is 5.97 Å². The van der Waals surface area contributed by atoms with Gasteiger partial charge in [0.2, 0.25) is 5.91 Å². The lowest BCUT2D eigenvalue weighted by molar-refractivity contribution is -0.150. The number of methoxy groups -OCH3 is 1. The first kappa shape index (κ1) is 18.0. The zero-order valence-corrected chi connectivity index (χ0v) is 14.5. The molecule has 0 heterocycles. The average Bonchev–Trinajstić information content (AvgIpc) is 2.45. The van der Waals surface area contributed by atoms with Gasteiger partial charge in [-0.3, -0.25) is 4.79 Å². The Kier molecular flexibility index (Phi) is 5.23. The number of benzene rings is 1. The van der Waals surface area contributed by atoms with E-state index in [4.69, 9.17) is 27.9 Å². The molecule has 2 N–H and O–H groups in total. The molecule has 0 spiro atoms. The number of carboxylic acid groups (broad SMARTS) is 1. The SMILES string of the molecule is COC1(CC(=O)NC(C)(C(=O)O)c2ccc(Cl)c(Cl)c2)CCC1. The van der Waals surface area contributed by atoms with E-state index in [2.05, 4.69) is 5.32 Å². The highest BCUT2D eigenvalue weighted by atomic mass is 35.5. The van der Waals surface area contributed by atoms with Gasteiger partial charge in [-0.15, -0.1) is 0 Å². The number of nitrogens with one attached hydrogen (secondary N) is 1. The largest absolute Gasteiger partial charge is 0.479 e. The third kappa shape index (κ3) is 3.62. The van der Waals surface area contributed by atoms with Crippen molar-refractivity contribution in [3.8, 4) is 0 Å². The van der Waals surface area contributed by atoms with Crippen LogP contribution in [0.15, 0.2) is 18.2 Å². The van der Waals surface area contributed by atoms with Gasteiger partial charge in [0, 0.05) is 7.11 Å². The lowest BCUT2D eigenvalue weighted by atomic mass is 9.77. The summed E-state index contributed by atoms with van der Waals surface area (Å²) < 4.78 is 5.41. The van der Waals surface area contributed by atoms with Gasteiger partial charge in [0.15, 0.2) is 5.54 Å². The van der Waals surface area contributed by atoms with Crippen LogP contribution in [0.25, 0.3) is 0 Å². The number of carboxylic acids is 1. The molecule has 1 atom stereocenters. The van der Waals surface area contributed by atoms with E-state index in [1.807, 2.05) is 0 Å². The standard InChI is InChI=1S/C16H19Cl2NO4/c1-15(14(21)22,10-4-5-11(17)12(18)8-10)19-13(20)9-16(23-2)6-3-7-16/h4-5,8H,3,6-7,9H2,1-2H3,(H,19,20)(H,21,22). The molecule has 126 valence electrons. The molecule has 1 amide bonds. The Bertz CT molecular complexity index is 625. The number of rotatable bonds is 6. The van der Waals surface area contributed by atoms with Crippen LogP contribution in [0.3, 0.4) is 0 Å². The molecular weight excluding hydrogens is 341 g/mol. The zero-order chi connectivity index (χ0) is 17.3. The number of hydrogen-bond donors (Lipinski definition) is 2. The zero-order valence-electron chi connectivity index (χ0n) is 13.0. The third-order valence-corrected chi connectivity index (χ3v) is 5.23. The van der Waals surface area contributed by atoms with Crippen LogP contribution in [0.5, 0.6) is 0 Å². The van der Waals surface area contributed by atoms with Gasteiger partial charge in [-0.2, -0.15) is 0 Å². The van der Waals surface area contributed by atoms with Gasteiger partial charge in [-0.05, 0) is 43.9 Å². The second-order valence-corrected chi connectivity index (χ2v) is 6.84. The van der Waals surface area contributed by atoms with Gasteiger partial charge < -0.3 is 15.2 Å². The molecule has 7 heteroatoms. The molecular formula is C16H19Cl2NO4. The number of aliphatic carboxylic acids is 1. The summed E-state index contributed by atoms with van der Waals surface area (Å²) in [5.41, 5.74) is -1.71. The van der Waals surface area contributed by atoms with E-state index in [9.17, 15) is 14.7 Å². The number of halogens is 2. The van der Waals surface area contributed by atoms with Gasteiger partial charge in [0.1, 0.15) is 0 Å². The maximum Gasteiger partial charge on any atom is 0.333 e. The molecule has 1 fully saturated rings. The highest BCUT2D eigenvalue weighted by Gasteiger charge is 2.42. The summed E-state index contributed by atoms with van der Waals surface area (Å²) in [6.45, 7) is 1.42. The summed E-state index contributed by atoms with van der Waals surface area (Å²) >= 11 is 11.8. The van der Waals surface area contributed by atoms with Crippen LogP contribution in [0.2, 0.25) is 10.0 Å². The van der Waals surface area contributed by atoms with Gasteiger partial charge in [0.05, 0.1) is 22.1 Å². The van der Waals surface area contributed by atoms with Gasteiger partial charge in [0.25, 0.3) is 0 Å². The van der Waals surface area contributed by atoms with Crippen molar-refractivity contribution in [1.29, 1.82) is 0 Å².